The zero-order chi connectivity index (χ0) is 18.4. The first-order valence-corrected chi connectivity index (χ1v) is 9.32. The van der Waals surface area contributed by atoms with Gasteiger partial charge in [0.2, 0.25) is 11.8 Å². The number of hydrogen-bond donors (Lipinski definition) is 2. The van der Waals surface area contributed by atoms with E-state index in [2.05, 4.69) is 10.6 Å². The van der Waals surface area contributed by atoms with Gasteiger partial charge in [0, 0.05) is 33.2 Å². The van der Waals surface area contributed by atoms with Gasteiger partial charge in [0.15, 0.2) is 0 Å². The fraction of sp³-hybridized carbons (Fsp3) is 0.222. The molecule has 0 aliphatic carbocycles. The van der Waals surface area contributed by atoms with Crippen molar-refractivity contribution in [2.45, 2.75) is 30.4 Å². The van der Waals surface area contributed by atoms with Gasteiger partial charge in [0.25, 0.3) is 0 Å². The van der Waals surface area contributed by atoms with Gasteiger partial charge in [-0.15, -0.1) is 11.8 Å². The zero-order valence-electron chi connectivity index (χ0n) is 13.8. The molecule has 0 radical (unpaired) electrons. The quantitative estimate of drug-likeness (QED) is 0.637. The van der Waals surface area contributed by atoms with Gasteiger partial charge in [0.05, 0.1) is 5.25 Å². The molecule has 1 unspecified atom stereocenters. The molecule has 0 saturated heterocycles. The number of carbonyl (C=O) groups is 2. The number of hydrogen-bond acceptors (Lipinski definition) is 3. The summed E-state index contributed by atoms with van der Waals surface area (Å²) in [6.45, 7) is 3.40. The van der Waals surface area contributed by atoms with E-state index in [-0.39, 0.29) is 17.1 Å². The average molecular weight is 397 g/mol. The molecule has 0 spiro atoms. The Labute approximate surface area is 161 Å². The van der Waals surface area contributed by atoms with Crippen molar-refractivity contribution in [1.29, 1.82) is 0 Å². The maximum absolute atomic E-state index is 12.5. The maximum Gasteiger partial charge on any atom is 0.237 e. The van der Waals surface area contributed by atoms with Crippen LogP contribution >= 0.6 is 35.0 Å². The number of rotatable bonds is 6. The molecule has 2 rings (SSSR count). The Hall–Kier alpha value is -1.69. The molecule has 0 aliphatic rings. The summed E-state index contributed by atoms with van der Waals surface area (Å²) in [5.74, 6) is -0.263. The normalized spacial score (nSPS) is 11.7. The largest absolute Gasteiger partial charge is 0.326 e. The topological polar surface area (TPSA) is 58.2 Å². The first kappa shape index (κ1) is 19.6. The van der Waals surface area contributed by atoms with Crippen molar-refractivity contribution in [1.82, 2.24) is 0 Å². The number of halogens is 2. The molecule has 1 atom stereocenters. The average Bonchev–Trinajstić information content (AvgIpc) is 2.51. The second-order valence-electron chi connectivity index (χ2n) is 5.37. The molecule has 7 heteroatoms. The fourth-order valence-corrected chi connectivity index (χ4v) is 3.73. The minimum absolute atomic E-state index is 0.129. The van der Waals surface area contributed by atoms with Gasteiger partial charge < -0.3 is 10.6 Å². The number of carbonyl (C=O) groups excluding carboxylic acids is 2. The zero-order valence-corrected chi connectivity index (χ0v) is 16.1. The van der Waals surface area contributed by atoms with Gasteiger partial charge in [-0.25, -0.2) is 0 Å². The number of thioether (sulfide) groups is 1. The Balaban J connectivity index is 2.08. The van der Waals surface area contributed by atoms with Crippen molar-refractivity contribution in [2.24, 2.45) is 0 Å². The van der Waals surface area contributed by atoms with Gasteiger partial charge in [0.1, 0.15) is 0 Å². The highest BCUT2D eigenvalue weighted by molar-refractivity contribution is 8.00. The molecule has 0 aromatic heterocycles. The van der Waals surface area contributed by atoms with Crippen LogP contribution in [0.5, 0.6) is 0 Å². The summed E-state index contributed by atoms with van der Waals surface area (Å²) >= 11 is 13.4. The summed E-state index contributed by atoms with van der Waals surface area (Å²) in [6, 6.07) is 12.3. The fourth-order valence-electron chi connectivity index (χ4n) is 2.19. The Morgan fingerprint density at radius 2 is 1.72 bits per heavy atom. The van der Waals surface area contributed by atoms with Crippen molar-refractivity contribution in [3.63, 3.8) is 0 Å². The minimum Gasteiger partial charge on any atom is -0.326 e. The van der Waals surface area contributed by atoms with Crippen LogP contribution in [0.25, 0.3) is 0 Å². The maximum atomic E-state index is 12.5. The lowest BCUT2D eigenvalue weighted by Gasteiger charge is -2.15. The van der Waals surface area contributed by atoms with Gasteiger partial charge in [-0.05, 0) is 42.8 Å². The van der Waals surface area contributed by atoms with Gasteiger partial charge >= 0.3 is 0 Å². The number of nitrogens with one attached hydrogen (secondary N) is 2. The van der Waals surface area contributed by atoms with Crippen LogP contribution in [0.4, 0.5) is 11.4 Å². The van der Waals surface area contributed by atoms with Gasteiger partial charge in [-0.3, -0.25) is 9.59 Å². The molecule has 2 aromatic rings. The summed E-state index contributed by atoms with van der Waals surface area (Å²) in [6.07, 6.45) is 0.648. The monoisotopic (exact) mass is 396 g/mol. The van der Waals surface area contributed by atoms with E-state index in [1.165, 1.54) is 18.7 Å². The highest BCUT2D eigenvalue weighted by atomic mass is 35.5. The highest BCUT2D eigenvalue weighted by Crippen LogP contribution is 2.29. The molecule has 2 aromatic carbocycles. The smallest absolute Gasteiger partial charge is 0.237 e. The number of benzene rings is 2. The van der Waals surface area contributed by atoms with E-state index in [0.29, 0.717) is 27.8 Å². The van der Waals surface area contributed by atoms with Crippen LogP contribution in [0.1, 0.15) is 20.3 Å². The summed E-state index contributed by atoms with van der Waals surface area (Å²) < 4.78 is 0. The van der Waals surface area contributed by atoms with Crippen LogP contribution in [0, 0.1) is 0 Å². The third-order valence-electron chi connectivity index (χ3n) is 3.23. The van der Waals surface area contributed by atoms with Crippen LogP contribution in [-0.2, 0) is 9.59 Å². The third-order valence-corrected chi connectivity index (χ3v) is 5.02. The first-order valence-electron chi connectivity index (χ1n) is 7.68. The third kappa shape index (κ3) is 6.27. The van der Waals surface area contributed by atoms with E-state index in [9.17, 15) is 9.59 Å². The molecule has 0 heterocycles. The Bertz CT molecular complexity index is 763. The number of amides is 2. The predicted octanol–water partition coefficient (Wildman–Crippen LogP) is 5.46. The SMILES string of the molecule is CCC(Sc1cccc(NC(C)=O)c1)C(=O)Nc1cc(Cl)cc(Cl)c1. The lowest BCUT2D eigenvalue weighted by atomic mass is 10.2. The summed E-state index contributed by atoms with van der Waals surface area (Å²) in [7, 11) is 0. The molecule has 0 aliphatic heterocycles. The van der Waals surface area contributed by atoms with Crippen molar-refractivity contribution < 1.29 is 9.59 Å². The van der Waals surface area contributed by atoms with Crippen molar-refractivity contribution in [3.8, 4) is 0 Å². The molecule has 132 valence electrons. The summed E-state index contributed by atoms with van der Waals surface area (Å²) in [5.41, 5.74) is 1.27. The Kier molecular flexibility index (Phi) is 7.17. The molecular weight excluding hydrogens is 379 g/mol. The summed E-state index contributed by atoms with van der Waals surface area (Å²) in [4.78, 5) is 24.6. The van der Waals surface area contributed by atoms with E-state index in [0.717, 1.165) is 4.90 Å². The lowest BCUT2D eigenvalue weighted by Crippen LogP contribution is -2.24. The molecule has 25 heavy (non-hydrogen) atoms. The molecule has 0 fully saturated rings. The molecule has 0 saturated carbocycles. The minimum atomic E-state index is -0.287. The lowest BCUT2D eigenvalue weighted by molar-refractivity contribution is -0.116. The van der Waals surface area contributed by atoms with Crippen molar-refractivity contribution >= 4 is 58.2 Å². The molecule has 2 N–H and O–H groups in total. The van der Waals surface area contributed by atoms with E-state index in [1.54, 1.807) is 24.3 Å². The van der Waals surface area contributed by atoms with Gasteiger partial charge in [-0.1, -0.05) is 36.2 Å². The highest BCUT2D eigenvalue weighted by Gasteiger charge is 2.18. The van der Waals surface area contributed by atoms with Crippen LogP contribution in [-0.4, -0.2) is 17.1 Å². The second-order valence-corrected chi connectivity index (χ2v) is 7.52. The first-order chi connectivity index (χ1) is 11.9. The molecule has 2 amide bonds. The van der Waals surface area contributed by atoms with Crippen molar-refractivity contribution in [2.75, 3.05) is 10.6 Å². The predicted molar refractivity (Wildman–Crippen MR) is 106 cm³/mol. The standard InChI is InChI=1S/C18H18Cl2N2O2S/c1-3-17(18(24)22-15-8-12(19)7-13(20)9-15)25-16-6-4-5-14(10-16)21-11(2)23/h4-10,17H,3H2,1-2H3,(H,21,23)(H,22,24). The Morgan fingerprint density at radius 1 is 1.04 bits per heavy atom. The Morgan fingerprint density at radius 3 is 2.32 bits per heavy atom. The van der Waals surface area contributed by atoms with Crippen molar-refractivity contribution in [3.05, 3.63) is 52.5 Å². The van der Waals surface area contributed by atoms with Crippen LogP contribution in [0.15, 0.2) is 47.4 Å². The van der Waals surface area contributed by atoms with E-state index < -0.39 is 0 Å². The van der Waals surface area contributed by atoms with E-state index in [4.69, 9.17) is 23.2 Å². The van der Waals surface area contributed by atoms with E-state index >= 15 is 0 Å². The molecule has 4 nitrogen and oxygen atoms in total. The molecule has 0 bridgehead atoms. The molecular formula is C18H18Cl2N2O2S. The van der Waals surface area contributed by atoms with Gasteiger partial charge in [-0.2, -0.15) is 0 Å². The number of anilines is 2. The van der Waals surface area contributed by atoms with E-state index in [1.807, 2.05) is 25.1 Å². The summed E-state index contributed by atoms with van der Waals surface area (Å²) in [5, 5.41) is 6.22. The van der Waals surface area contributed by atoms with Crippen LogP contribution in [0.3, 0.4) is 0 Å². The second kappa shape index (κ2) is 9.13. The van der Waals surface area contributed by atoms with Crippen LogP contribution in [0.2, 0.25) is 10.0 Å². The van der Waals surface area contributed by atoms with Crippen LogP contribution < -0.4 is 10.6 Å².